The first-order chi connectivity index (χ1) is 11.0. The molecule has 7 nitrogen and oxygen atoms in total. The summed E-state index contributed by atoms with van der Waals surface area (Å²) in [6.45, 7) is 3.97. The minimum absolute atomic E-state index is 0.127. The Bertz CT molecular complexity index is 914. The lowest BCUT2D eigenvalue weighted by molar-refractivity contribution is -0.113. The average molecular weight is 347 g/mol. The Kier molecular flexibility index (Phi) is 4.39. The van der Waals surface area contributed by atoms with Gasteiger partial charge in [0.05, 0.1) is 5.75 Å². The highest BCUT2D eigenvalue weighted by Crippen LogP contribution is 2.23. The molecular formula is C14H13N5O2S2. The molecule has 0 saturated heterocycles. The zero-order valence-corrected chi connectivity index (χ0v) is 14.1. The van der Waals surface area contributed by atoms with E-state index in [4.69, 9.17) is 0 Å². The van der Waals surface area contributed by atoms with Gasteiger partial charge in [0.25, 0.3) is 5.56 Å². The van der Waals surface area contributed by atoms with Crippen LogP contribution >= 0.6 is 23.1 Å². The second-order valence-electron chi connectivity index (χ2n) is 4.96. The molecule has 9 heteroatoms. The lowest BCUT2D eigenvalue weighted by Gasteiger charge is -2.06. The van der Waals surface area contributed by atoms with Gasteiger partial charge in [0, 0.05) is 5.69 Å². The number of aryl methyl sites for hydroxylation is 2. The summed E-state index contributed by atoms with van der Waals surface area (Å²) in [5.41, 5.74) is 2.63. The van der Waals surface area contributed by atoms with Crippen molar-refractivity contribution < 1.29 is 4.79 Å². The second-order valence-corrected chi connectivity index (χ2v) is 7.14. The van der Waals surface area contributed by atoms with Crippen LogP contribution in [0.2, 0.25) is 0 Å². The predicted molar refractivity (Wildman–Crippen MR) is 90.2 cm³/mol. The molecule has 2 heterocycles. The minimum Gasteiger partial charge on any atom is -0.325 e. The van der Waals surface area contributed by atoms with E-state index in [1.54, 1.807) is 0 Å². The van der Waals surface area contributed by atoms with Gasteiger partial charge in [-0.2, -0.15) is 9.61 Å². The predicted octanol–water partition coefficient (Wildman–Crippen LogP) is 1.89. The van der Waals surface area contributed by atoms with Crippen LogP contribution in [0.25, 0.3) is 4.96 Å². The van der Waals surface area contributed by atoms with Crippen molar-refractivity contribution in [2.24, 2.45) is 0 Å². The number of nitrogens with one attached hydrogen (secondary N) is 1. The van der Waals surface area contributed by atoms with Crippen molar-refractivity contribution in [3.63, 3.8) is 0 Å². The van der Waals surface area contributed by atoms with E-state index < -0.39 is 0 Å². The van der Waals surface area contributed by atoms with Crippen molar-refractivity contribution in [3.8, 4) is 0 Å². The number of anilines is 1. The van der Waals surface area contributed by atoms with E-state index in [-0.39, 0.29) is 17.2 Å². The molecular weight excluding hydrogens is 334 g/mol. The largest absolute Gasteiger partial charge is 0.325 e. The molecule has 0 saturated carbocycles. The fourth-order valence-electron chi connectivity index (χ4n) is 2.08. The maximum Gasteiger partial charge on any atom is 0.293 e. The van der Waals surface area contributed by atoms with Crippen molar-refractivity contribution in [1.82, 2.24) is 19.8 Å². The topological polar surface area (TPSA) is 89.3 Å². The molecule has 0 aliphatic carbocycles. The summed E-state index contributed by atoms with van der Waals surface area (Å²) in [5, 5.41) is 14.4. The molecule has 0 radical (unpaired) electrons. The van der Waals surface area contributed by atoms with Gasteiger partial charge in [-0.25, -0.2) is 0 Å². The highest BCUT2D eigenvalue weighted by Gasteiger charge is 2.10. The van der Waals surface area contributed by atoms with Gasteiger partial charge >= 0.3 is 0 Å². The third-order valence-corrected chi connectivity index (χ3v) is 4.93. The van der Waals surface area contributed by atoms with Crippen molar-refractivity contribution in [2.45, 2.75) is 18.2 Å². The second kappa shape index (κ2) is 6.47. The van der Waals surface area contributed by atoms with Crippen LogP contribution in [-0.2, 0) is 4.79 Å². The highest BCUT2D eigenvalue weighted by molar-refractivity contribution is 8.01. The Balaban J connectivity index is 1.66. The summed E-state index contributed by atoms with van der Waals surface area (Å²) >= 11 is 2.48. The lowest BCUT2D eigenvalue weighted by atomic mass is 10.1. The van der Waals surface area contributed by atoms with Gasteiger partial charge < -0.3 is 5.32 Å². The van der Waals surface area contributed by atoms with Crippen molar-refractivity contribution in [3.05, 3.63) is 45.9 Å². The number of rotatable bonds is 4. The third kappa shape index (κ3) is 3.74. The van der Waals surface area contributed by atoms with Gasteiger partial charge in [-0.15, -0.1) is 10.2 Å². The number of thioether (sulfide) groups is 1. The van der Waals surface area contributed by atoms with Gasteiger partial charge in [0.2, 0.25) is 10.9 Å². The molecule has 118 valence electrons. The Labute approximate surface area is 139 Å². The zero-order valence-electron chi connectivity index (χ0n) is 12.4. The van der Waals surface area contributed by atoms with E-state index in [1.165, 1.54) is 27.6 Å². The van der Waals surface area contributed by atoms with Gasteiger partial charge in [0.1, 0.15) is 6.20 Å². The van der Waals surface area contributed by atoms with Crippen LogP contribution in [0.3, 0.4) is 0 Å². The van der Waals surface area contributed by atoms with Gasteiger partial charge in [0.15, 0.2) is 4.34 Å². The van der Waals surface area contributed by atoms with Crippen LogP contribution in [0.1, 0.15) is 11.1 Å². The molecule has 1 aromatic carbocycles. The monoisotopic (exact) mass is 347 g/mol. The molecule has 1 amide bonds. The summed E-state index contributed by atoms with van der Waals surface area (Å²) in [7, 11) is 0. The number of aromatic nitrogens is 4. The standard InChI is InChI=1S/C14H13N5O2S2/c1-8-3-9(2)5-10(4-8)16-11(20)7-22-14-18-19-12(21)6-15-17-13(19)23-14/h3-6H,7H2,1-2H3,(H,16,20). The Morgan fingerprint density at radius 2 is 2.04 bits per heavy atom. The fraction of sp³-hybridized carbons (Fsp3) is 0.214. The molecule has 0 fully saturated rings. The molecule has 0 bridgehead atoms. The lowest BCUT2D eigenvalue weighted by Crippen LogP contribution is -2.15. The zero-order chi connectivity index (χ0) is 16.4. The highest BCUT2D eigenvalue weighted by atomic mass is 32.2. The van der Waals surface area contributed by atoms with Crippen LogP contribution in [0.4, 0.5) is 5.69 Å². The summed E-state index contributed by atoms with van der Waals surface area (Å²) in [4.78, 5) is 24.0. The van der Waals surface area contributed by atoms with Crippen LogP contribution in [-0.4, -0.2) is 31.5 Å². The Hall–Kier alpha value is -2.26. The maximum atomic E-state index is 12.0. The number of hydrogen-bond donors (Lipinski definition) is 1. The van der Waals surface area contributed by atoms with E-state index in [1.807, 2.05) is 32.0 Å². The normalized spacial score (nSPS) is 10.9. The number of fused-ring (bicyclic) bond motifs is 1. The van der Waals surface area contributed by atoms with Crippen molar-refractivity contribution >= 4 is 39.7 Å². The first-order valence-electron chi connectivity index (χ1n) is 6.74. The Morgan fingerprint density at radius 1 is 1.30 bits per heavy atom. The first kappa shape index (κ1) is 15.6. The van der Waals surface area contributed by atoms with Crippen molar-refractivity contribution in [2.75, 3.05) is 11.1 Å². The average Bonchev–Trinajstić information content (AvgIpc) is 2.88. The van der Waals surface area contributed by atoms with E-state index in [9.17, 15) is 9.59 Å². The van der Waals surface area contributed by atoms with Crippen molar-refractivity contribution in [1.29, 1.82) is 0 Å². The SMILES string of the molecule is Cc1cc(C)cc(NC(=O)CSc2nn3c(=O)cnnc3s2)c1. The smallest absolute Gasteiger partial charge is 0.293 e. The third-order valence-electron chi connectivity index (χ3n) is 2.89. The summed E-state index contributed by atoms with van der Waals surface area (Å²) in [6, 6.07) is 5.88. The molecule has 3 aromatic rings. The van der Waals surface area contributed by atoms with E-state index in [2.05, 4.69) is 20.6 Å². The number of amides is 1. The number of carbonyl (C=O) groups is 1. The van der Waals surface area contributed by atoms with Crippen LogP contribution in [0.5, 0.6) is 0 Å². The summed E-state index contributed by atoms with van der Waals surface area (Å²) < 4.78 is 1.78. The first-order valence-corrected chi connectivity index (χ1v) is 8.54. The molecule has 0 aliphatic heterocycles. The van der Waals surface area contributed by atoms with Crippen LogP contribution in [0, 0.1) is 13.8 Å². The van der Waals surface area contributed by atoms with Gasteiger partial charge in [-0.05, 0) is 37.1 Å². The summed E-state index contributed by atoms with van der Waals surface area (Å²) in [5.74, 6) is 0.0762. The van der Waals surface area contributed by atoms with E-state index in [0.717, 1.165) is 23.0 Å². The quantitative estimate of drug-likeness (QED) is 0.725. The molecule has 23 heavy (non-hydrogen) atoms. The number of hydrogen-bond acceptors (Lipinski definition) is 7. The van der Waals surface area contributed by atoms with Gasteiger partial charge in [-0.1, -0.05) is 29.2 Å². The van der Waals surface area contributed by atoms with E-state index >= 15 is 0 Å². The number of nitrogens with zero attached hydrogens (tertiary/aromatic N) is 4. The minimum atomic E-state index is -0.335. The molecule has 3 rings (SSSR count). The number of carbonyl (C=O) groups excluding carboxylic acids is 1. The van der Waals surface area contributed by atoms with Gasteiger partial charge in [-0.3, -0.25) is 9.59 Å². The molecule has 0 unspecified atom stereocenters. The summed E-state index contributed by atoms with van der Waals surface area (Å²) in [6.07, 6.45) is 1.11. The Morgan fingerprint density at radius 3 is 2.74 bits per heavy atom. The molecule has 2 aromatic heterocycles. The molecule has 0 aliphatic rings. The van der Waals surface area contributed by atoms with E-state index in [0.29, 0.717) is 9.30 Å². The molecule has 0 atom stereocenters. The maximum absolute atomic E-state index is 12.0. The molecule has 0 spiro atoms. The number of benzene rings is 1. The molecule has 1 N–H and O–H groups in total. The van der Waals surface area contributed by atoms with Crippen LogP contribution < -0.4 is 10.9 Å². The fourth-order valence-corrected chi connectivity index (χ4v) is 3.77. The van der Waals surface area contributed by atoms with Crippen LogP contribution in [0.15, 0.2) is 33.5 Å².